The van der Waals surface area contributed by atoms with Crippen molar-refractivity contribution in [2.24, 2.45) is 0 Å². The largest absolute Gasteiger partial charge is 0.494 e. The molecule has 0 unspecified atom stereocenters. The fourth-order valence-corrected chi connectivity index (χ4v) is 3.38. The van der Waals surface area contributed by atoms with Gasteiger partial charge in [-0.2, -0.15) is 0 Å². The number of rotatable bonds is 9. The number of hydrogen-bond donors (Lipinski definition) is 0. The first-order chi connectivity index (χ1) is 15.2. The van der Waals surface area contributed by atoms with Gasteiger partial charge in [-0.15, -0.1) is 0 Å². The van der Waals surface area contributed by atoms with Gasteiger partial charge in [-0.1, -0.05) is 75.3 Å². The molecule has 3 aromatic carbocycles. The molecule has 0 amide bonds. The van der Waals surface area contributed by atoms with E-state index in [4.69, 9.17) is 4.74 Å². The van der Waals surface area contributed by atoms with Crippen LogP contribution in [-0.2, 0) is 6.42 Å². The van der Waals surface area contributed by atoms with Crippen LogP contribution in [0.25, 0.3) is 11.1 Å². The number of aryl methyl sites for hydroxylation is 1. The lowest BCUT2D eigenvalue weighted by molar-refractivity contribution is 0.306. The predicted molar refractivity (Wildman–Crippen MR) is 128 cm³/mol. The minimum Gasteiger partial charge on any atom is -0.494 e. The van der Waals surface area contributed by atoms with Crippen LogP contribution < -0.4 is 4.74 Å². The molecule has 0 bridgehead atoms. The Morgan fingerprint density at radius 1 is 0.742 bits per heavy atom. The molecular formula is C29H31FO. The summed E-state index contributed by atoms with van der Waals surface area (Å²) in [6.07, 6.45) is 6.86. The maximum Gasteiger partial charge on any atom is 0.132 e. The van der Waals surface area contributed by atoms with Crippen molar-refractivity contribution < 1.29 is 9.13 Å². The Morgan fingerprint density at radius 2 is 1.42 bits per heavy atom. The van der Waals surface area contributed by atoms with Crippen LogP contribution in [0.15, 0.2) is 66.7 Å². The van der Waals surface area contributed by atoms with Gasteiger partial charge in [0.05, 0.1) is 6.61 Å². The minimum absolute atomic E-state index is 0.246. The van der Waals surface area contributed by atoms with Crippen LogP contribution in [0.3, 0.4) is 0 Å². The molecule has 1 nitrogen and oxygen atoms in total. The van der Waals surface area contributed by atoms with Gasteiger partial charge >= 0.3 is 0 Å². The summed E-state index contributed by atoms with van der Waals surface area (Å²) < 4.78 is 20.4. The van der Waals surface area contributed by atoms with Gasteiger partial charge < -0.3 is 4.74 Å². The van der Waals surface area contributed by atoms with E-state index >= 15 is 0 Å². The summed E-state index contributed by atoms with van der Waals surface area (Å²) in [5, 5.41) is 0. The number of halogens is 1. The van der Waals surface area contributed by atoms with E-state index in [1.807, 2.05) is 48.5 Å². The Hall–Kier alpha value is -3.05. The summed E-state index contributed by atoms with van der Waals surface area (Å²) in [6, 6.07) is 21.1. The minimum atomic E-state index is -0.246. The highest BCUT2D eigenvalue weighted by Crippen LogP contribution is 2.24. The molecule has 0 atom stereocenters. The van der Waals surface area contributed by atoms with Crippen molar-refractivity contribution in [3.8, 4) is 28.7 Å². The van der Waals surface area contributed by atoms with Gasteiger partial charge in [0.15, 0.2) is 0 Å². The first-order valence-corrected chi connectivity index (χ1v) is 11.3. The van der Waals surface area contributed by atoms with Crippen LogP contribution >= 0.6 is 0 Å². The lowest BCUT2D eigenvalue weighted by Crippen LogP contribution is -1.96. The zero-order valence-electron chi connectivity index (χ0n) is 18.6. The molecule has 31 heavy (non-hydrogen) atoms. The standard InChI is InChI=1S/C29H31FO/c1-3-5-7-21-31-27-18-13-24(14-19-27)9-10-25-15-20-28(29(30)22-25)26-16-11-23(12-17-26)8-6-4-2/h11-20,22H,3-8,21H2,1-2H3. The lowest BCUT2D eigenvalue weighted by atomic mass is 10.00. The second kappa shape index (κ2) is 12.0. The Morgan fingerprint density at radius 3 is 2.10 bits per heavy atom. The Kier molecular flexibility index (Phi) is 8.73. The Labute approximate surface area is 186 Å². The molecule has 0 aliphatic carbocycles. The lowest BCUT2D eigenvalue weighted by Gasteiger charge is -2.06. The fraction of sp³-hybridized carbons (Fsp3) is 0.310. The highest BCUT2D eigenvalue weighted by atomic mass is 19.1. The van der Waals surface area contributed by atoms with E-state index < -0.39 is 0 Å². The van der Waals surface area contributed by atoms with Crippen molar-refractivity contribution in [3.05, 3.63) is 89.2 Å². The molecule has 0 saturated heterocycles. The van der Waals surface area contributed by atoms with Crippen molar-refractivity contribution in [2.45, 2.75) is 52.4 Å². The zero-order valence-corrected chi connectivity index (χ0v) is 18.6. The molecule has 0 saturated carbocycles. The average molecular weight is 415 g/mol. The van der Waals surface area contributed by atoms with Crippen molar-refractivity contribution in [2.75, 3.05) is 6.61 Å². The molecule has 0 aromatic heterocycles. The highest BCUT2D eigenvalue weighted by molar-refractivity contribution is 5.65. The molecule has 3 rings (SSSR count). The van der Waals surface area contributed by atoms with Gasteiger partial charge in [-0.05, 0) is 66.8 Å². The monoisotopic (exact) mass is 414 g/mol. The Bertz CT molecular complexity index is 1010. The summed E-state index contributed by atoms with van der Waals surface area (Å²) in [5.74, 6) is 6.78. The van der Waals surface area contributed by atoms with Crippen LogP contribution in [0.1, 0.15) is 62.6 Å². The van der Waals surface area contributed by atoms with Crippen molar-refractivity contribution >= 4 is 0 Å². The third-order valence-electron chi connectivity index (χ3n) is 5.28. The number of hydrogen-bond acceptors (Lipinski definition) is 1. The number of benzene rings is 3. The van der Waals surface area contributed by atoms with Gasteiger partial charge in [0.2, 0.25) is 0 Å². The van der Waals surface area contributed by atoms with E-state index in [1.54, 1.807) is 0 Å². The predicted octanol–water partition coefficient (Wildman–Crippen LogP) is 7.80. The van der Waals surface area contributed by atoms with E-state index in [2.05, 4.69) is 37.8 Å². The normalized spacial score (nSPS) is 10.4. The summed E-state index contributed by atoms with van der Waals surface area (Å²) >= 11 is 0. The summed E-state index contributed by atoms with van der Waals surface area (Å²) in [7, 11) is 0. The second-order valence-corrected chi connectivity index (χ2v) is 7.83. The van der Waals surface area contributed by atoms with Crippen LogP contribution in [0.2, 0.25) is 0 Å². The molecule has 0 N–H and O–H groups in total. The average Bonchev–Trinajstić information content (AvgIpc) is 2.80. The van der Waals surface area contributed by atoms with E-state index in [0.717, 1.165) is 36.3 Å². The maximum atomic E-state index is 14.7. The van der Waals surface area contributed by atoms with E-state index in [9.17, 15) is 4.39 Å². The fourth-order valence-electron chi connectivity index (χ4n) is 3.38. The Balaban J connectivity index is 1.64. The van der Waals surface area contributed by atoms with E-state index in [1.165, 1.54) is 37.3 Å². The quantitative estimate of drug-likeness (QED) is 0.256. The third-order valence-corrected chi connectivity index (χ3v) is 5.28. The van der Waals surface area contributed by atoms with Crippen molar-refractivity contribution in [1.29, 1.82) is 0 Å². The van der Waals surface area contributed by atoms with E-state index in [0.29, 0.717) is 11.1 Å². The second-order valence-electron chi connectivity index (χ2n) is 7.83. The van der Waals surface area contributed by atoms with Gasteiger partial charge in [-0.25, -0.2) is 4.39 Å². The molecule has 0 spiro atoms. The van der Waals surface area contributed by atoms with Gasteiger partial charge in [0, 0.05) is 16.7 Å². The van der Waals surface area contributed by atoms with Crippen LogP contribution in [0.5, 0.6) is 5.75 Å². The zero-order chi connectivity index (χ0) is 21.9. The molecule has 3 aromatic rings. The molecule has 0 heterocycles. The summed E-state index contributed by atoms with van der Waals surface area (Å²) in [6.45, 7) is 5.11. The summed E-state index contributed by atoms with van der Waals surface area (Å²) in [4.78, 5) is 0. The molecular weight excluding hydrogens is 383 g/mol. The maximum absolute atomic E-state index is 14.7. The first-order valence-electron chi connectivity index (χ1n) is 11.3. The molecule has 160 valence electrons. The van der Waals surface area contributed by atoms with Crippen LogP contribution in [0, 0.1) is 17.7 Å². The molecule has 2 heteroatoms. The first kappa shape index (κ1) is 22.6. The van der Waals surface area contributed by atoms with Gasteiger partial charge in [0.1, 0.15) is 11.6 Å². The molecule has 0 aliphatic heterocycles. The molecule has 0 fully saturated rings. The van der Waals surface area contributed by atoms with E-state index in [-0.39, 0.29) is 5.82 Å². The molecule has 0 aliphatic rings. The number of unbranched alkanes of at least 4 members (excludes halogenated alkanes) is 3. The number of ether oxygens (including phenoxy) is 1. The molecule has 0 radical (unpaired) electrons. The highest BCUT2D eigenvalue weighted by Gasteiger charge is 2.06. The van der Waals surface area contributed by atoms with Crippen LogP contribution in [0.4, 0.5) is 4.39 Å². The van der Waals surface area contributed by atoms with Gasteiger partial charge in [0.25, 0.3) is 0 Å². The van der Waals surface area contributed by atoms with Crippen molar-refractivity contribution in [3.63, 3.8) is 0 Å². The third kappa shape index (κ3) is 7.00. The SMILES string of the molecule is CCCCCOc1ccc(C#Cc2ccc(-c3ccc(CCCC)cc3)c(F)c2)cc1. The topological polar surface area (TPSA) is 9.23 Å². The smallest absolute Gasteiger partial charge is 0.132 e. The van der Waals surface area contributed by atoms with Crippen molar-refractivity contribution in [1.82, 2.24) is 0 Å². The summed E-state index contributed by atoms with van der Waals surface area (Å²) in [5.41, 5.74) is 4.35. The van der Waals surface area contributed by atoms with Gasteiger partial charge in [-0.3, -0.25) is 0 Å². The van der Waals surface area contributed by atoms with Crippen LogP contribution in [-0.4, -0.2) is 6.61 Å².